The van der Waals surface area contributed by atoms with Gasteiger partial charge < -0.3 is 9.15 Å². The highest BCUT2D eigenvalue weighted by molar-refractivity contribution is 5.93. The number of hydrogen-bond acceptors (Lipinski definition) is 4. The van der Waals surface area contributed by atoms with Crippen molar-refractivity contribution in [1.29, 1.82) is 0 Å². The fraction of sp³-hybridized carbons (Fsp3) is 0.167. The number of hydrogen-bond donors (Lipinski definition) is 0. The molecule has 0 saturated heterocycles. The van der Waals surface area contributed by atoms with Gasteiger partial charge in [0, 0.05) is 5.56 Å². The van der Waals surface area contributed by atoms with Crippen molar-refractivity contribution in [2.45, 2.75) is 6.92 Å². The lowest BCUT2D eigenvalue weighted by atomic mass is 10.1. The molecule has 0 atom stereocenters. The number of carbonyl (C=O) groups is 1. The predicted molar refractivity (Wildman–Crippen MR) is 57.9 cm³/mol. The molecule has 1 heterocycles. The first-order valence-electron chi connectivity index (χ1n) is 5.09. The molecule has 0 fully saturated rings. The second kappa shape index (κ2) is 4.78. The summed E-state index contributed by atoms with van der Waals surface area (Å²) in [4.78, 5) is 15.3. The van der Waals surface area contributed by atoms with E-state index in [0.29, 0.717) is 5.56 Å². The number of benzene rings is 1. The summed E-state index contributed by atoms with van der Waals surface area (Å²) in [6.45, 7) is 1.96. The number of rotatable bonds is 3. The molecule has 0 spiro atoms. The molecule has 0 aliphatic rings. The second-order valence-electron chi connectivity index (χ2n) is 3.26. The van der Waals surface area contributed by atoms with E-state index in [-0.39, 0.29) is 23.9 Å². The van der Waals surface area contributed by atoms with Gasteiger partial charge in [-0.25, -0.2) is 14.2 Å². The lowest BCUT2D eigenvalue weighted by Crippen LogP contribution is -2.06. The summed E-state index contributed by atoms with van der Waals surface area (Å²) in [5.74, 6) is -0.630. The lowest BCUT2D eigenvalue weighted by Gasteiger charge is -2.01. The van der Waals surface area contributed by atoms with Gasteiger partial charge in [0.15, 0.2) is 17.8 Å². The monoisotopic (exact) mass is 235 g/mol. The van der Waals surface area contributed by atoms with Gasteiger partial charge in [-0.3, -0.25) is 0 Å². The van der Waals surface area contributed by atoms with Crippen LogP contribution in [0, 0.1) is 5.82 Å². The maximum Gasteiger partial charge on any atom is 0.360 e. The average Bonchev–Trinajstić information content (AvgIpc) is 2.79. The van der Waals surface area contributed by atoms with Gasteiger partial charge in [-0.2, -0.15) is 0 Å². The molecule has 17 heavy (non-hydrogen) atoms. The van der Waals surface area contributed by atoms with E-state index in [0.717, 1.165) is 6.39 Å². The number of aromatic nitrogens is 1. The number of nitrogens with zero attached hydrogens (tertiary/aromatic N) is 1. The third-order valence-electron chi connectivity index (χ3n) is 2.14. The number of halogens is 1. The fourth-order valence-corrected chi connectivity index (χ4v) is 1.40. The van der Waals surface area contributed by atoms with Gasteiger partial charge in [-0.05, 0) is 31.2 Å². The van der Waals surface area contributed by atoms with Crippen LogP contribution in [0.5, 0.6) is 0 Å². The van der Waals surface area contributed by atoms with E-state index in [4.69, 9.17) is 9.15 Å². The van der Waals surface area contributed by atoms with Gasteiger partial charge in [0.25, 0.3) is 0 Å². The van der Waals surface area contributed by atoms with Crippen molar-refractivity contribution in [3.05, 3.63) is 42.2 Å². The highest BCUT2D eigenvalue weighted by atomic mass is 19.1. The van der Waals surface area contributed by atoms with Crippen LogP contribution in [0.2, 0.25) is 0 Å². The Morgan fingerprint density at radius 1 is 1.41 bits per heavy atom. The number of oxazole rings is 1. The smallest absolute Gasteiger partial charge is 0.360 e. The molecule has 0 aliphatic heterocycles. The quantitative estimate of drug-likeness (QED) is 0.767. The van der Waals surface area contributed by atoms with Gasteiger partial charge >= 0.3 is 5.97 Å². The molecule has 1 aromatic carbocycles. The Morgan fingerprint density at radius 3 is 2.76 bits per heavy atom. The molecule has 0 unspecified atom stereocenters. The van der Waals surface area contributed by atoms with E-state index in [1.165, 1.54) is 24.3 Å². The maximum absolute atomic E-state index is 12.8. The summed E-state index contributed by atoms with van der Waals surface area (Å²) < 4.78 is 22.7. The zero-order valence-electron chi connectivity index (χ0n) is 9.14. The van der Waals surface area contributed by atoms with Crippen LogP contribution in [-0.4, -0.2) is 17.6 Å². The third kappa shape index (κ3) is 2.33. The van der Waals surface area contributed by atoms with Gasteiger partial charge in [0.05, 0.1) is 6.61 Å². The molecule has 2 aromatic rings. The van der Waals surface area contributed by atoms with Gasteiger partial charge in [0.1, 0.15) is 5.82 Å². The first kappa shape index (κ1) is 11.3. The van der Waals surface area contributed by atoms with Crippen molar-refractivity contribution in [2.75, 3.05) is 6.61 Å². The molecule has 0 amide bonds. The Labute approximate surface area is 97.0 Å². The highest BCUT2D eigenvalue weighted by Gasteiger charge is 2.19. The van der Waals surface area contributed by atoms with E-state index in [1.54, 1.807) is 6.92 Å². The number of esters is 1. The summed E-state index contributed by atoms with van der Waals surface area (Å²) in [5, 5.41) is 0. The minimum absolute atomic E-state index is 0.0958. The van der Waals surface area contributed by atoms with Crippen LogP contribution >= 0.6 is 0 Å². The third-order valence-corrected chi connectivity index (χ3v) is 2.14. The Bertz CT molecular complexity index is 519. The van der Waals surface area contributed by atoms with Gasteiger partial charge in [0.2, 0.25) is 0 Å². The Kier molecular flexibility index (Phi) is 3.18. The van der Waals surface area contributed by atoms with Gasteiger partial charge in [-0.15, -0.1) is 0 Å². The molecule has 2 rings (SSSR count). The zero-order chi connectivity index (χ0) is 12.3. The Morgan fingerprint density at radius 2 is 2.12 bits per heavy atom. The average molecular weight is 235 g/mol. The number of ether oxygens (including phenoxy) is 1. The first-order valence-corrected chi connectivity index (χ1v) is 5.09. The van der Waals surface area contributed by atoms with Crippen molar-refractivity contribution in [3.8, 4) is 11.3 Å². The van der Waals surface area contributed by atoms with Crippen molar-refractivity contribution in [1.82, 2.24) is 4.98 Å². The van der Waals surface area contributed by atoms with Crippen molar-refractivity contribution in [2.24, 2.45) is 0 Å². The van der Waals surface area contributed by atoms with Crippen LogP contribution < -0.4 is 0 Å². The zero-order valence-corrected chi connectivity index (χ0v) is 9.14. The van der Waals surface area contributed by atoms with E-state index in [2.05, 4.69) is 4.98 Å². The molecule has 0 radical (unpaired) electrons. The molecular weight excluding hydrogens is 225 g/mol. The predicted octanol–water partition coefficient (Wildman–Crippen LogP) is 2.66. The molecule has 4 nitrogen and oxygen atoms in total. The van der Waals surface area contributed by atoms with E-state index in [1.807, 2.05) is 0 Å². The molecule has 5 heteroatoms. The van der Waals surface area contributed by atoms with Crippen molar-refractivity contribution in [3.63, 3.8) is 0 Å². The summed E-state index contributed by atoms with van der Waals surface area (Å²) in [6.07, 6.45) is 1.16. The fourth-order valence-electron chi connectivity index (χ4n) is 1.40. The van der Waals surface area contributed by atoms with Crippen LogP contribution in [0.25, 0.3) is 11.3 Å². The SMILES string of the molecule is CCOC(=O)c1ncoc1-c1ccc(F)cc1. The van der Waals surface area contributed by atoms with Crippen LogP contribution in [0.15, 0.2) is 35.1 Å². The molecular formula is C12H10FNO3. The van der Waals surface area contributed by atoms with E-state index in [9.17, 15) is 9.18 Å². The van der Waals surface area contributed by atoms with E-state index >= 15 is 0 Å². The Balaban J connectivity index is 2.36. The maximum atomic E-state index is 12.8. The van der Waals surface area contributed by atoms with Gasteiger partial charge in [-0.1, -0.05) is 0 Å². The molecule has 0 bridgehead atoms. The normalized spacial score (nSPS) is 10.2. The largest absolute Gasteiger partial charge is 0.461 e. The molecule has 1 aromatic heterocycles. The van der Waals surface area contributed by atoms with Crippen LogP contribution in [0.4, 0.5) is 4.39 Å². The number of carbonyl (C=O) groups excluding carboxylic acids is 1. The van der Waals surface area contributed by atoms with Crippen LogP contribution in [-0.2, 0) is 4.74 Å². The first-order chi connectivity index (χ1) is 8.22. The standard InChI is InChI=1S/C12H10FNO3/c1-2-16-12(15)10-11(17-7-14-10)8-3-5-9(13)6-4-8/h3-7H,2H2,1H3. The summed E-state index contributed by atoms with van der Waals surface area (Å²) in [7, 11) is 0. The van der Waals surface area contributed by atoms with Crippen LogP contribution in [0.3, 0.4) is 0 Å². The molecule has 0 aliphatic carbocycles. The highest BCUT2D eigenvalue weighted by Crippen LogP contribution is 2.23. The van der Waals surface area contributed by atoms with Crippen molar-refractivity contribution >= 4 is 5.97 Å². The van der Waals surface area contributed by atoms with E-state index < -0.39 is 5.97 Å². The minimum atomic E-state index is -0.555. The summed E-state index contributed by atoms with van der Waals surface area (Å²) in [5.41, 5.74) is 0.672. The second-order valence-corrected chi connectivity index (χ2v) is 3.26. The lowest BCUT2D eigenvalue weighted by molar-refractivity contribution is 0.0520. The Hall–Kier alpha value is -2.17. The molecule has 0 N–H and O–H groups in total. The van der Waals surface area contributed by atoms with Crippen molar-refractivity contribution < 1.29 is 18.3 Å². The summed E-state index contributed by atoms with van der Waals surface area (Å²) in [6, 6.07) is 5.59. The molecule has 0 saturated carbocycles. The minimum Gasteiger partial charge on any atom is -0.461 e. The summed E-state index contributed by atoms with van der Waals surface area (Å²) >= 11 is 0. The molecule has 88 valence electrons. The topological polar surface area (TPSA) is 52.3 Å². The van der Waals surface area contributed by atoms with Crippen LogP contribution in [0.1, 0.15) is 17.4 Å².